The molecular weight excluding hydrogens is 420 g/mol. The molecule has 2 amide bonds. The Bertz CT molecular complexity index is 1290. The lowest BCUT2D eigenvalue weighted by Gasteiger charge is -2.15. The van der Waals surface area contributed by atoms with Crippen LogP contribution in [0.4, 0.5) is 0 Å². The van der Waals surface area contributed by atoms with Gasteiger partial charge in [-0.25, -0.2) is 4.98 Å². The van der Waals surface area contributed by atoms with Crippen LogP contribution in [0.5, 0.6) is 0 Å². The molecule has 32 heavy (non-hydrogen) atoms. The van der Waals surface area contributed by atoms with Crippen molar-refractivity contribution in [2.45, 2.75) is 32.6 Å². The fourth-order valence-electron chi connectivity index (χ4n) is 4.21. The topological polar surface area (TPSA) is 66.7 Å². The zero-order chi connectivity index (χ0) is 22.1. The number of hydrogen-bond donors (Lipinski definition) is 1. The van der Waals surface area contributed by atoms with Crippen molar-refractivity contribution < 1.29 is 9.59 Å². The van der Waals surface area contributed by atoms with Crippen LogP contribution in [0.3, 0.4) is 0 Å². The number of amides is 2. The fourth-order valence-corrected chi connectivity index (χ4v) is 5.25. The Morgan fingerprint density at radius 2 is 2.03 bits per heavy atom. The minimum Gasteiger partial charge on any atom is -0.352 e. The monoisotopic (exact) mass is 446 g/mol. The van der Waals surface area contributed by atoms with E-state index < -0.39 is 0 Å². The lowest BCUT2D eigenvalue weighted by atomic mass is 10.1. The molecule has 0 bridgehead atoms. The third kappa shape index (κ3) is 4.00. The minimum absolute atomic E-state index is 0.0811. The van der Waals surface area contributed by atoms with Crippen molar-refractivity contribution in [1.82, 2.24) is 19.6 Å². The molecule has 1 aliphatic heterocycles. The smallest absolute Gasteiger partial charge is 0.251 e. The van der Waals surface area contributed by atoms with E-state index in [1.54, 1.807) is 11.3 Å². The molecule has 1 fully saturated rings. The van der Waals surface area contributed by atoms with Gasteiger partial charge in [-0.05, 0) is 43.0 Å². The van der Waals surface area contributed by atoms with Crippen molar-refractivity contribution >= 4 is 38.3 Å². The average molecular weight is 447 g/mol. The number of imidazole rings is 1. The van der Waals surface area contributed by atoms with Gasteiger partial charge in [0, 0.05) is 43.4 Å². The average Bonchev–Trinajstić information content (AvgIpc) is 3.50. The summed E-state index contributed by atoms with van der Waals surface area (Å²) in [7, 11) is 0. The summed E-state index contributed by atoms with van der Waals surface area (Å²) in [5, 5.41) is 2.98. The maximum atomic E-state index is 12.6. The highest BCUT2D eigenvalue weighted by atomic mass is 32.1. The standard InChI is InChI=1S/C25H26N4O2S/c1-2-17-6-8-18(9-7-17)20-16-29-21-11-10-19(15-22(21)32-25(29)27-20)24(31)26-12-4-14-28-13-3-5-23(28)30/h6-11,15-16H,2-5,12-14H2,1H3,(H,26,31). The third-order valence-electron chi connectivity index (χ3n) is 6.08. The van der Waals surface area contributed by atoms with Crippen molar-refractivity contribution in [3.63, 3.8) is 0 Å². The highest BCUT2D eigenvalue weighted by Gasteiger charge is 2.19. The van der Waals surface area contributed by atoms with Gasteiger partial charge in [-0.2, -0.15) is 0 Å². The number of rotatable bonds is 7. The van der Waals surface area contributed by atoms with Crippen LogP contribution in [0, 0.1) is 0 Å². The Morgan fingerprint density at radius 3 is 2.78 bits per heavy atom. The molecule has 0 saturated carbocycles. The van der Waals surface area contributed by atoms with E-state index in [1.807, 2.05) is 23.1 Å². The molecule has 4 aromatic rings. The molecule has 164 valence electrons. The van der Waals surface area contributed by atoms with Crippen molar-refractivity contribution in [1.29, 1.82) is 0 Å². The molecule has 2 aromatic heterocycles. The van der Waals surface area contributed by atoms with Crippen LogP contribution < -0.4 is 5.32 Å². The number of hydrogen-bond acceptors (Lipinski definition) is 4. The van der Waals surface area contributed by atoms with E-state index >= 15 is 0 Å². The van der Waals surface area contributed by atoms with E-state index in [1.165, 1.54) is 5.56 Å². The van der Waals surface area contributed by atoms with Crippen molar-refractivity contribution in [2.75, 3.05) is 19.6 Å². The molecule has 0 spiro atoms. The predicted molar refractivity (Wildman–Crippen MR) is 128 cm³/mol. The van der Waals surface area contributed by atoms with Gasteiger partial charge in [-0.15, -0.1) is 0 Å². The van der Waals surface area contributed by atoms with Crippen molar-refractivity contribution in [3.05, 3.63) is 59.8 Å². The van der Waals surface area contributed by atoms with Crippen LogP contribution in [-0.2, 0) is 11.2 Å². The maximum absolute atomic E-state index is 12.6. The minimum atomic E-state index is -0.0811. The van der Waals surface area contributed by atoms with Gasteiger partial charge < -0.3 is 10.2 Å². The first-order chi connectivity index (χ1) is 15.6. The van der Waals surface area contributed by atoms with E-state index in [0.29, 0.717) is 25.1 Å². The molecule has 0 radical (unpaired) electrons. The normalized spacial score (nSPS) is 14.0. The first-order valence-corrected chi connectivity index (χ1v) is 12.0. The van der Waals surface area contributed by atoms with E-state index in [4.69, 9.17) is 4.98 Å². The molecule has 7 heteroatoms. The molecule has 0 aliphatic carbocycles. The highest BCUT2D eigenvalue weighted by molar-refractivity contribution is 7.23. The second kappa shape index (κ2) is 8.74. The van der Waals surface area contributed by atoms with Gasteiger partial charge in [-0.1, -0.05) is 42.5 Å². The second-order valence-corrected chi connectivity index (χ2v) is 9.22. The first kappa shape index (κ1) is 20.7. The lowest BCUT2D eigenvalue weighted by molar-refractivity contribution is -0.127. The van der Waals surface area contributed by atoms with Crippen LogP contribution >= 0.6 is 11.3 Å². The molecule has 5 rings (SSSR count). The highest BCUT2D eigenvalue weighted by Crippen LogP contribution is 2.30. The van der Waals surface area contributed by atoms with Crippen LogP contribution in [0.25, 0.3) is 26.4 Å². The molecule has 1 N–H and O–H groups in total. The zero-order valence-electron chi connectivity index (χ0n) is 18.1. The summed E-state index contributed by atoms with van der Waals surface area (Å²) in [4.78, 5) is 31.8. The first-order valence-electron chi connectivity index (χ1n) is 11.2. The lowest BCUT2D eigenvalue weighted by Crippen LogP contribution is -2.30. The Hall–Kier alpha value is -3.19. The number of nitrogens with one attached hydrogen (secondary N) is 1. The summed E-state index contributed by atoms with van der Waals surface area (Å²) in [6.45, 7) is 4.27. The Labute approximate surface area is 190 Å². The Balaban J connectivity index is 1.27. The van der Waals surface area contributed by atoms with Crippen molar-refractivity contribution in [2.24, 2.45) is 0 Å². The van der Waals surface area contributed by atoms with Crippen LogP contribution in [0.1, 0.15) is 42.1 Å². The van der Waals surface area contributed by atoms with Crippen LogP contribution in [0.15, 0.2) is 48.7 Å². The maximum Gasteiger partial charge on any atom is 0.251 e. The largest absolute Gasteiger partial charge is 0.352 e. The van der Waals surface area contributed by atoms with Gasteiger partial charge in [0.1, 0.15) is 0 Å². The van der Waals surface area contributed by atoms with Crippen LogP contribution in [0.2, 0.25) is 0 Å². The number of carbonyl (C=O) groups excluding carboxylic acids is 2. The number of aromatic nitrogens is 2. The van der Waals surface area contributed by atoms with Gasteiger partial charge in [0.2, 0.25) is 5.91 Å². The molecule has 0 unspecified atom stereocenters. The van der Waals surface area contributed by atoms with Gasteiger partial charge in [0.25, 0.3) is 5.91 Å². The predicted octanol–water partition coefficient (Wildman–Crippen LogP) is 4.52. The summed E-state index contributed by atoms with van der Waals surface area (Å²) >= 11 is 1.59. The van der Waals surface area contributed by atoms with E-state index in [9.17, 15) is 9.59 Å². The van der Waals surface area contributed by atoms with E-state index in [-0.39, 0.29) is 11.8 Å². The van der Waals surface area contributed by atoms with Gasteiger partial charge in [-0.3, -0.25) is 14.0 Å². The number of thiazole rings is 1. The number of benzene rings is 2. The number of nitrogens with zero attached hydrogens (tertiary/aromatic N) is 3. The molecule has 3 heterocycles. The molecule has 0 atom stereocenters. The van der Waals surface area contributed by atoms with E-state index in [2.05, 4.69) is 47.1 Å². The summed E-state index contributed by atoms with van der Waals surface area (Å²) in [6, 6.07) is 14.3. The summed E-state index contributed by atoms with van der Waals surface area (Å²) in [6.07, 6.45) is 5.46. The molecule has 6 nitrogen and oxygen atoms in total. The fraction of sp³-hybridized carbons (Fsp3) is 0.320. The SMILES string of the molecule is CCc1ccc(-c2cn3c(n2)sc2cc(C(=O)NCCCN4CCCC4=O)ccc23)cc1. The van der Waals surface area contributed by atoms with Gasteiger partial charge >= 0.3 is 0 Å². The summed E-state index contributed by atoms with van der Waals surface area (Å²) < 4.78 is 3.13. The molecule has 1 saturated heterocycles. The number of carbonyl (C=O) groups is 2. The molecule has 2 aromatic carbocycles. The molecule has 1 aliphatic rings. The second-order valence-electron chi connectivity index (χ2n) is 8.21. The zero-order valence-corrected chi connectivity index (χ0v) is 19.0. The van der Waals surface area contributed by atoms with Crippen LogP contribution in [-0.4, -0.2) is 45.7 Å². The number of fused-ring (bicyclic) bond motifs is 3. The Kier molecular flexibility index (Phi) is 5.66. The number of aryl methyl sites for hydroxylation is 1. The van der Waals surface area contributed by atoms with E-state index in [0.717, 1.165) is 52.2 Å². The quantitative estimate of drug-likeness (QED) is 0.425. The summed E-state index contributed by atoms with van der Waals surface area (Å²) in [5.41, 5.74) is 5.08. The van der Waals surface area contributed by atoms with Gasteiger partial charge in [0.15, 0.2) is 4.96 Å². The Morgan fingerprint density at radius 1 is 1.19 bits per heavy atom. The number of likely N-dealkylation sites (tertiary alicyclic amines) is 1. The molecular formula is C25H26N4O2S. The third-order valence-corrected chi connectivity index (χ3v) is 7.09. The summed E-state index contributed by atoms with van der Waals surface area (Å²) in [5.74, 6) is 0.146. The van der Waals surface area contributed by atoms with Crippen molar-refractivity contribution in [3.8, 4) is 11.3 Å². The van der Waals surface area contributed by atoms with Gasteiger partial charge in [0.05, 0.1) is 15.9 Å².